The van der Waals surface area contributed by atoms with Crippen LogP contribution in [0.15, 0.2) is 32.0 Å². The number of primary amides is 1. The number of rotatable bonds is 9. The van der Waals surface area contributed by atoms with Crippen LogP contribution >= 0.6 is 0 Å². The van der Waals surface area contributed by atoms with Crippen LogP contribution in [0.2, 0.25) is 0 Å². The summed E-state index contributed by atoms with van der Waals surface area (Å²) >= 11 is 0. The van der Waals surface area contributed by atoms with Crippen molar-refractivity contribution in [1.82, 2.24) is 10.6 Å². The topological polar surface area (TPSA) is 165 Å². The molecule has 2 heterocycles. The molecule has 3 amide bonds. The van der Waals surface area contributed by atoms with Gasteiger partial charge in [-0.2, -0.15) is 0 Å². The van der Waals surface area contributed by atoms with Crippen LogP contribution in [0.5, 0.6) is 0 Å². The minimum absolute atomic E-state index is 0.0760. The highest BCUT2D eigenvalue weighted by atomic mass is 16.4. The first-order chi connectivity index (χ1) is 15.2. The Morgan fingerprint density at radius 3 is 2.59 bits per heavy atom. The van der Waals surface area contributed by atoms with Crippen LogP contribution in [0.4, 0.5) is 4.79 Å². The van der Waals surface area contributed by atoms with Crippen molar-refractivity contribution in [2.24, 2.45) is 5.73 Å². The fourth-order valence-corrected chi connectivity index (χ4v) is 3.61. The molecule has 170 valence electrons. The number of aliphatic carboxylic acids is 1. The average Bonchev–Trinajstić information content (AvgIpc) is 3.08. The van der Waals surface area contributed by atoms with Gasteiger partial charge in [-0.25, -0.2) is 14.4 Å². The molecule has 10 heteroatoms. The average molecular weight is 443 g/mol. The van der Waals surface area contributed by atoms with Crippen molar-refractivity contribution in [3.63, 3.8) is 0 Å². The monoisotopic (exact) mass is 443 g/mol. The second-order valence-electron chi connectivity index (χ2n) is 7.65. The number of benzene rings is 1. The van der Waals surface area contributed by atoms with Gasteiger partial charge in [0, 0.05) is 35.4 Å². The molecular weight excluding hydrogens is 418 g/mol. The number of carbonyl (C=O) groups excluding carboxylic acids is 2. The summed E-state index contributed by atoms with van der Waals surface area (Å²) in [6.07, 6.45) is 2.11. The summed E-state index contributed by atoms with van der Waals surface area (Å²) in [4.78, 5) is 46.9. The summed E-state index contributed by atoms with van der Waals surface area (Å²) in [7, 11) is 0. The number of hydrogen-bond donors (Lipinski definition) is 4. The van der Waals surface area contributed by atoms with Gasteiger partial charge < -0.3 is 30.3 Å². The second kappa shape index (κ2) is 9.54. The first kappa shape index (κ1) is 22.9. The van der Waals surface area contributed by atoms with Crippen molar-refractivity contribution in [2.75, 3.05) is 6.54 Å². The van der Waals surface area contributed by atoms with Crippen LogP contribution in [0.25, 0.3) is 21.9 Å². The molecule has 0 spiro atoms. The third-order valence-electron chi connectivity index (χ3n) is 5.38. The molecule has 3 rings (SSSR count). The summed E-state index contributed by atoms with van der Waals surface area (Å²) in [6.45, 7) is 3.91. The number of urea groups is 1. The molecule has 10 nitrogen and oxygen atoms in total. The Balaban J connectivity index is 1.70. The van der Waals surface area contributed by atoms with Crippen LogP contribution in [0.3, 0.4) is 0 Å². The molecule has 0 aliphatic carbocycles. The molecule has 0 bridgehead atoms. The van der Waals surface area contributed by atoms with Gasteiger partial charge >= 0.3 is 17.6 Å². The quantitative estimate of drug-likeness (QED) is 0.290. The number of fused-ring (bicyclic) bond motifs is 2. The van der Waals surface area contributed by atoms with Gasteiger partial charge in [0.1, 0.15) is 17.2 Å². The van der Waals surface area contributed by atoms with Gasteiger partial charge in [-0.05, 0) is 50.3 Å². The fourth-order valence-electron chi connectivity index (χ4n) is 3.61. The predicted octanol–water partition coefficient (Wildman–Crippen LogP) is 2.11. The number of amides is 3. The van der Waals surface area contributed by atoms with E-state index in [-0.39, 0.29) is 25.8 Å². The summed E-state index contributed by atoms with van der Waals surface area (Å²) in [5, 5.41) is 15.8. The minimum atomic E-state index is -1.18. The Kier molecular flexibility index (Phi) is 6.82. The van der Waals surface area contributed by atoms with E-state index in [2.05, 4.69) is 10.6 Å². The summed E-state index contributed by atoms with van der Waals surface area (Å²) in [5.74, 6) is -1.68. The molecule has 32 heavy (non-hydrogen) atoms. The van der Waals surface area contributed by atoms with E-state index in [0.29, 0.717) is 28.7 Å². The van der Waals surface area contributed by atoms with Crippen molar-refractivity contribution in [3.8, 4) is 0 Å². The van der Waals surface area contributed by atoms with Crippen molar-refractivity contribution in [3.05, 3.63) is 45.5 Å². The Hall–Kier alpha value is -3.82. The Morgan fingerprint density at radius 1 is 1.16 bits per heavy atom. The molecule has 2 aromatic heterocycles. The van der Waals surface area contributed by atoms with Crippen LogP contribution in [0.1, 0.15) is 36.0 Å². The maximum absolute atomic E-state index is 12.5. The highest BCUT2D eigenvalue weighted by Crippen LogP contribution is 2.29. The first-order valence-electron chi connectivity index (χ1n) is 10.2. The number of carboxylic acid groups (broad SMARTS) is 1. The zero-order valence-electron chi connectivity index (χ0n) is 17.8. The molecule has 1 atom stereocenters. The summed E-state index contributed by atoms with van der Waals surface area (Å²) in [5.41, 5.74) is 7.47. The van der Waals surface area contributed by atoms with Crippen LogP contribution in [-0.2, 0) is 16.0 Å². The third kappa shape index (κ3) is 5.08. The van der Waals surface area contributed by atoms with E-state index in [9.17, 15) is 24.3 Å². The molecule has 0 saturated carbocycles. The van der Waals surface area contributed by atoms with Gasteiger partial charge in [0.2, 0.25) is 5.91 Å². The normalized spacial score (nSPS) is 12.1. The molecule has 0 fully saturated rings. The van der Waals surface area contributed by atoms with E-state index < -0.39 is 29.6 Å². The molecule has 3 aromatic rings. The van der Waals surface area contributed by atoms with Crippen molar-refractivity contribution in [1.29, 1.82) is 0 Å². The summed E-state index contributed by atoms with van der Waals surface area (Å²) in [6, 6.07) is 1.76. The van der Waals surface area contributed by atoms with Gasteiger partial charge in [0.15, 0.2) is 0 Å². The zero-order valence-corrected chi connectivity index (χ0v) is 17.8. The molecule has 1 aromatic carbocycles. The maximum Gasteiger partial charge on any atom is 0.339 e. The Labute approximate surface area is 182 Å². The Morgan fingerprint density at radius 2 is 1.91 bits per heavy atom. The number of furan rings is 1. The van der Waals surface area contributed by atoms with Crippen LogP contribution in [0, 0.1) is 13.8 Å². The lowest BCUT2D eigenvalue weighted by atomic mass is 10.0. The number of carbonyl (C=O) groups is 3. The van der Waals surface area contributed by atoms with Crippen LogP contribution in [-0.4, -0.2) is 35.6 Å². The van der Waals surface area contributed by atoms with E-state index in [1.165, 1.54) is 0 Å². The van der Waals surface area contributed by atoms with Gasteiger partial charge in [0.25, 0.3) is 0 Å². The van der Waals surface area contributed by atoms with Gasteiger partial charge in [0.05, 0.1) is 6.26 Å². The number of carboxylic acids is 1. The van der Waals surface area contributed by atoms with E-state index in [0.717, 1.165) is 16.3 Å². The smallest absolute Gasteiger partial charge is 0.339 e. The van der Waals surface area contributed by atoms with Gasteiger partial charge in [-0.1, -0.05) is 0 Å². The minimum Gasteiger partial charge on any atom is -0.480 e. The van der Waals surface area contributed by atoms with E-state index in [1.54, 1.807) is 19.3 Å². The van der Waals surface area contributed by atoms with E-state index in [1.807, 2.05) is 13.0 Å². The maximum atomic E-state index is 12.5. The largest absolute Gasteiger partial charge is 0.480 e. The second-order valence-corrected chi connectivity index (χ2v) is 7.65. The fraction of sp³-hybridized carbons (Fsp3) is 0.364. The number of aryl methyl sites for hydroxylation is 2. The standard InChI is InChI=1S/C22H25N3O7/c1-11-10-31-17-9-18-15(8-14(11)17)12(2)13(21(29)32-18)5-6-19(26)25-16(20(27)28)4-3-7-24-22(23)30/h8-10,16H,3-7H2,1-2H3,(H,25,26)(H,27,28)(H3,23,24,30)/t16-/m1/s1. The molecule has 0 aliphatic heterocycles. The van der Waals surface area contributed by atoms with Gasteiger partial charge in [-0.3, -0.25) is 4.79 Å². The van der Waals surface area contributed by atoms with E-state index >= 15 is 0 Å². The lowest BCUT2D eigenvalue weighted by molar-refractivity contribution is -0.142. The molecule has 0 saturated heterocycles. The SMILES string of the molecule is Cc1coc2cc3oc(=O)c(CCC(=O)N[C@H](CCCNC(N)=O)C(=O)O)c(C)c3cc12. The number of nitrogens with two attached hydrogens (primary N) is 1. The Bertz CT molecular complexity index is 1240. The van der Waals surface area contributed by atoms with Gasteiger partial charge in [-0.15, -0.1) is 0 Å². The molecular formula is C22H25N3O7. The molecule has 5 N–H and O–H groups in total. The number of nitrogens with one attached hydrogen (secondary N) is 2. The van der Waals surface area contributed by atoms with Crippen molar-refractivity contribution < 1.29 is 28.3 Å². The zero-order chi connectivity index (χ0) is 23.4. The first-order valence-corrected chi connectivity index (χ1v) is 10.2. The van der Waals surface area contributed by atoms with Crippen LogP contribution < -0.4 is 22.0 Å². The van der Waals surface area contributed by atoms with E-state index in [4.69, 9.17) is 14.6 Å². The predicted molar refractivity (Wildman–Crippen MR) is 116 cm³/mol. The molecule has 0 radical (unpaired) electrons. The highest BCUT2D eigenvalue weighted by molar-refractivity contribution is 5.96. The lowest BCUT2D eigenvalue weighted by Crippen LogP contribution is -2.41. The van der Waals surface area contributed by atoms with Crippen molar-refractivity contribution >= 4 is 39.8 Å². The third-order valence-corrected chi connectivity index (χ3v) is 5.38. The highest BCUT2D eigenvalue weighted by Gasteiger charge is 2.21. The lowest BCUT2D eigenvalue weighted by Gasteiger charge is -2.15. The summed E-state index contributed by atoms with van der Waals surface area (Å²) < 4.78 is 10.9. The molecule has 0 aliphatic rings. The molecule has 0 unspecified atom stereocenters. The van der Waals surface area contributed by atoms with Crippen molar-refractivity contribution in [2.45, 2.75) is 45.6 Å². The number of hydrogen-bond acceptors (Lipinski definition) is 6.